The van der Waals surface area contributed by atoms with E-state index in [0.717, 1.165) is 11.3 Å². The Bertz CT molecular complexity index is 782. The molecule has 6 nitrogen and oxygen atoms in total. The summed E-state index contributed by atoms with van der Waals surface area (Å²) >= 11 is 0. The zero-order valence-corrected chi connectivity index (χ0v) is 13.7. The van der Waals surface area contributed by atoms with E-state index in [1.807, 2.05) is 43.5 Å². The van der Waals surface area contributed by atoms with Crippen molar-refractivity contribution in [3.63, 3.8) is 0 Å². The first-order valence-corrected chi connectivity index (χ1v) is 9.37. The predicted octanol–water partition coefficient (Wildman–Crippen LogP) is 1.48. The van der Waals surface area contributed by atoms with Crippen molar-refractivity contribution in [1.82, 2.24) is 15.1 Å². The van der Waals surface area contributed by atoms with E-state index in [-0.39, 0.29) is 23.5 Å². The van der Waals surface area contributed by atoms with Crippen LogP contribution in [0.3, 0.4) is 0 Å². The van der Waals surface area contributed by atoms with Gasteiger partial charge in [0.1, 0.15) is 0 Å². The fraction of sp³-hybridized carbons (Fsp3) is 0.375. The summed E-state index contributed by atoms with van der Waals surface area (Å²) in [6, 6.07) is 9.43. The molecular weight excluding hydrogens is 314 g/mol. The third kappa shape index (κ3) is 3.61. The molecule has 2 heterocycles. The number of sulfone groups is 1. The maximum Gasteiger partial charge on any atom is 0.224 e. The predicted molar refractivity (Wildman–Crippen MR) is 86.9 cm³/mol. The van der Waals surface area contributed by atoms with Crippen LogP contribution in [0.2, 0.25) is 0 Å². The van der Waals surface area contributed by atoms with E-state index in [1.165, 1.54) is 0 Å². The lowest BCUT2D eigenvalue weighted by Gasteiger charge is -2.17. The van der Waals surface area contributed by atoms with Gasteiger partial charge >= 0.3 is 0 Å². The minimum Gasteiger partial charge on any atom is -0.349 e. The van der Waals surface area contributed by atoms with Crippen LogP contribution >= 0.6 is 0 Å². The molecular formula is C16H19N3O3S. The largest absolute Gasteiger partial charge is 0.349 e. The third-order valence-corrected chi connectivity index (χ3v) is 5.89. The molecule has 0 spiro atoms. The molecule has 23 heavy (non-hydrogen) atoms. The SMILES string of the molecule is C[C@@H](NC(=O)[C@@H]1CCS(=O)(=O)C1)c1ccc(-n2cccn2)cc1. The Kier molecular flexibility index (Phi) is 4.21. The summed E-state index contributed by atoms with van der Waals surface area (Å²) in [7, 11) is -3.04. The zero-order valence-electron chi connectivity index (χ0n) is 12.8. The summed E-state index contributed by atoms with van der Waals surface area (Å²) in [5.41, 5.74) is 1.91. The van der Waals surface area contributed by atoms with E-state index in [9.17, 15) is 13.2 Å². The number of hydrogen-bond donors (Lipinski definition) is 1. The molecule has 122 valence electrons. The Morgan fingerprint density at radius 1 is 1.35 bits per heavy atom. The van der Waals surface area contributed by atoms with E-state index in [2.05, 4.69) is 10.4 Å². The van der Waals surface area contributed by atoms with Gasteiger partial charge in [-0.3, -0.25) is 4.79 Å². The van der Waals surface area contributed by atoms with Crippen molar-refractivity contribution < 1.29 is 13.2 Å². The van der Waals surface area contributed by atoms with Gasteiger partial charge in [0, 0.05) is 12.4 Å². The topological polar surface area (TPSA) is 81.1 Å². The first-order chi connectivity index (χ1) is 10.9. The number of carbonyl (C=O) groups excluding carboxylic acids is 1. The molecule has 1 fully saturated rings. The molecule has 1 aromatic heterocycles. The lowest BCUT2D eigenvalue weighted by Crippen LogP contribution is -2.33. The quantitative estimate of drug-likeness (QED) is 0.919. The van der Waals surface area contributed by atoms with E-state index >= 15 is 0 Å². The molecule has 1 N–H and O–H groups in total. The summed E-state index contributed by atoms with van der Waals surface area (Å²) in [6.45, 7) is 1.89. The Morgan fingerprint density at radius 3 is 2.65 bits per heavy atom. The highest BCUT2D eigenvalue weighted by atomic mass is 32.2. The second-order valence-electron chi connectivity index (χ2n) is 5.87. The molecule has 1 aliphatic heterocycles. The fourth-order valence-corrected chi connectivity index (χ4v) is 4.50. The van der Waals surface area contributed by atoms with Gasteiger partial charge in [-0.05, 0) is 37.1 Å². The molecule has 2 aromatic rings. The van der Waals surface area contributed by atoms with Crippen LogP contribution in [-0.2, 0) is 14.6 Å². The van der Waals surface area contributed by atoms with Gasteiger partial charge in [0.05, 0.1) is 29.2 Å². The van der Waals surface area contributed by atoms with Crippen LogP contribution in [0, 0.1) is 5.92 Å². The average Bonchev–Trinajstić information content (AvgIpc) is 3.16. The van der Waals surface area contributed by atoms with Crippen molar-refractivity contribution in [3.05, 3.63) is 48.3 Å². The van der Waals surface area contributed by atoms with Gasteiger partial charge in [-0.1, -0.05) is 12.1 Å². The smallest absolute Gasteiger partial charge is 0.224 e. The molecule has 1 amide bonds. The summed E-state index contributed by atoms with van der Waals surface area (Å²) < 4.78 is 24.7. The molecule has 3 rings (SSSR count). The first-order valence-electron chi connectivity index (χ1n) is 7.55. The zero-order chi connectivity index (χ0) is 16.4. The highest BCUT2D eigenvalue weighted by Crippen LogP contribution is 2.21. The molecule has 0 aliphatic carbocycles. The second kappa shape index (κ2) is 6.16. The number of hydrogen-bond acceptors (Lipinski definition) is 4. The van der Waals surface area contributed by atoms with Gasteiger partial charge in [0.2, 0.25) is 5.91 Å². The lowest BCUT2D eigenvalue weighted by molar-refractivity contribution is -0.124. The van der Waals surface area contributed by atoms with Crippen LogP contribution in [0.25, 0.3) is 5.69 Å². The first kappa shape index (κ1) is 15.7. The van der Waals surface area contributed by atoms with Crippen molar-refractivity contribution in [3.8, 4) is 5.69 Å². The summed E-state index contributed by atoms with van der Waals surface area (Å²) in [4.78, 5) is 12.2. The normalized spacial score (nSPS) is 21.0. The van der Waals surface area contributed by atoms with E-state index in [4.69, 9.17) is 0 Å². The maximum absolute atomic E-state index is 12.2. The summed E-state index contributed by atoms with van der Waals surface area (Å²) in [5, 5.41) is 7.07. The maximum atomic E-state index is 12.2. The molecule has 1 saturated heterocycles. The number of benzene rings is 1. The van der Waals surface area contributed by atoms with Crippen LogP contribution in [0.4, 0.5) is 0 Å². The number of nitrogens with one attached hydrogen (secondary N) is 1. The van der Waals surface area contributed by atoms with Gasteiger partial charge in [0.15, 0.2) is 9.84 Å². The van der Waals surface area contributed by atoms with Crippen molar-refractivity contribution in [2.75, 3.05) is 11.5 Å². The minimum atomic E-state index is -3.04. The van der Waals surface area contributed by atoms with Crippen molar-refractivity contribution in [1.29, 1.82) is 0 Å². The van der Waals surface area contributed by atoms with E-state index < -0.39 is 15.8 Å². The fourth-order valence-electron chi connectivity index (χ4n) is 2.75. The van der Waals surface area contributed by atoms with Crippen LogP contribution < -0.4 is 5.32 Å². The summed E-state index contributed by atoms with van der Waals surface area (Å²) in [6.07, 6.45) is 3.99. The molecule has 0 unspecified atom stereocenters. The second-order valence-corrected chi connectivity index (χ2v) is 8.10. The molecule has 0 bridgehead atoms. The van der Waals surface area contributed by atoms with Crippen LogP contribution in [-0.4, -0.2) is 35.6 Å². The Hall–Kier alpha value is -2.15. The lowest BCUT2D eigenvalue weighted by atomic mass is 10.0. The molecule has 1 aromatic carbocycles. The van der Waals surface area contributed by atoms with Gasteiger partial charge in [-0.2, -0.15) is 5.10 Å². The van der Waals surface area contributed by atoms with Gasteiger partial charge < -0.3 is 5.32 Å². The number of carbonyl (C=O) groups is 1. The Labute approximate surface area is 135 Å². The molecule has 0 radical (unpaired) electrons. The van der Waals surface area contributed by atoms with Crippen LogP contribution in [0.5, 0.6) is 0 Å². The number of rotatable bonds is 4. The van der Waals surface area contributed by atoms with Crippen molar-refractivity contribution >= 4 is 15.7 Å². The number of nitrogens with zero attached hydrogens (tertiary/aromatic N) is 2. The molecule has 1 aliphatic rings. The molecule has 2 atom stereocenters. The van der Waals surface area contributed by atoms with E-state index in [0.29, 0.717) is 6.42 Å². The van der Waals surface area contributed by atoms with Crippen LogP contribution in [0.1, 0.15) is 24.9 Å². The van der Waals surface area contributed by atoms with Gasteiger partial charge in [0.25, 0.3) is 0 Å². The number of amides is 1. The Balaban J connectivity index is 1.64. The third-order valence-electron chi connectivity index (χ3n) is 4.12. The highest BCUT2D eigenvalue weighted by molar-refractivity contribution is 7.91. The van der Waals surface area contributed by atoms with Gasteiger partial charge in [-0.25, -0.2) is 13.1 Å². The van der Waals surface area contributed by atoms with Crippen molar-refractivity contribution in [2.24, 2.45) is 5.92 Å². The summed E-state index contributed by atoms with van der Waals surface area (Å²) in [5.74, 6) is -0.539. The monoisotopic (exact) mass is 333 g/mol. The minimum absolute atomic E-state index is 0.0379. The van der Waals surface area contributed by atoms with Crippen molar-refractivity contribution in [2.45, 2.75) is 19.4 Å². The van der Waals surface area contributed by atoms with Crippen LogP contribution in [0.15, 0.2) is 42.7 Å². The molecule has 0 saturated carbocycles. The molecule has 7 heteroatoms. The standard InChI is InChI=1S/C16H19N3O3S/c1-12(18-16(20)14-7-10-23(21,22)11-14)13-3-5-15(6-4-13)19-9-2-8-17-19/h2-6,8-9,12,14H,7,10-11H2,1H3,(H,18,20)/t12-,14-/m1/s1. The van der Waals surface area contributed by atoms with E-state index in [1.54, 1.807) is 10.9 Å². The number of aromatic nitrogens is 2. The van der Waals surface area contributed by atoms with Gasteiger partial charge in [-0.15, -0.1) is 0 Å². The Morgan fingerprint density at radius 2 is 2.09 bits per heavy atom. The highest BCUT2D eigenvalue weighted by Gasteiger charge is 2.33. The average molecular weight is 333 g/mol.